The molecule has 17 nitrogen and oxygen atoms in total. The van der Waals surface area contributed by atoms with Gasteiger partial charge in [-0.25, -0.2) is 4.79 Å². The van der Waals surface area contributed by atoms with E-state index in [0.717, 1.165) is 10.9 Å². The summed E-state index contributed by atoms with van der Waals surface area (Å²) in [5.74, 6) is -7.30. The molecule has 12 N–H and O–H groups in total. The zero-order chi connectivity index (χ0) is 39.2. The lowest BCUT2D eigenvalue weighted by atomic mass is 10.0. The van der Waals surface area contributed by atoms with Crippen molar-refractivity contribution in [3.05, 3.63) is 84.2 Å². The molecule has 0 aliphatic rings. The van der Waals surface area contributed by atoms with E-state index in [1.54, 1.807) is 74.6 Å². The summed E-state index contributed by atoms with van der Waals surface area (Å²) in [4.78, 5) is 93.2. The molecular formula is C36H46N8O9. The first-order valence-corrected chi connectivity index (χ1v) is 16.8. The molecule has 1 unspecified atom stereocenters. The maximum absolute atomic E-state index is 14.1. The van der Waals surface area contributed by atoms with Crippen LogP contribution in [0.5, 0.6) is 0 Å². The predicted octanol–water partition coefficient (Wildman–Crippen LogP) is -0.586. The van der Waals surface area contributed by atoms with Gasteiger partial charge in [-0.2, -0.15) is 0 Å². The third-order valence-electron chi connectivity index (χ3n) is 8.13. The Morgan fingerprint density at radius 1 is 0.717 bits per heavy atom. The highest BCUT2D eigenvalue weighted by Crippen LogP contribution is 2.19. The van der Waals surface area contributed by atoms with Crippen molar-refractivity contribution in [2.45, 2.75) is 69.7 Å². The maximum atomic E-state index is 14.1. The minimum atomic E-state index is -1.66. The first kappa shape index (κ1) is 41.2. The summed E-state index contributed by atoms with van der Waals surface area (Å²) >= 11 is 0. The van der Waals surface area contributed by atoms with Crippen LogP contribution in [0.4, 0.5) is 0 Å². The van der Waals surface area contributed by atoms with E-state index < -0.39 is 90.3 Å². The van der Waals surface area contributed by atoms with Crippen LogP contribution in [0.15, 0.2) is 73.1 Å². The van der Waals surface area contributed by atoms with Crippen molar-refractivity contribution in [2.24, 2.45) is 17.4 Å². The van der Waals surface area contributed by atoms with E-state index in [1.165, 1.54) is 0 Å². The number of aromatic nitrogens is 1. The number of carbonyl (C=O) groups excluding carboxylic acids is 5. The Hall–Kier alpha value is -6.23. The SMILES string of the molecule is C=C(N)C(=O)N[C@@H](CC(=O)O)C(=O)N[C@@H](Cc1c[nH]c2ccccc12)C(=O)N[C@@H](Cc1ccccc1)C(=O)NC(CN)C(=O)N[C@@H](CC(C)C)C(=O)O. The minimum absolute atomic E-state index is 0.0683. The largest absolute Gasteiger partial charge is 0.481 e. The van der Waals surface area contributed by atoms with Gasteiger partial charge in [-0.05, 0) is 29.5 Å². The number of aliphatic carboxylic acids is 2. The number of carbonyl (C=O) groups is 7. The number of hydrogen-bond donors (Lipinski definition) is 10. The van der Waals surface area contributed by atoms with Gasteiger partial charge in [0.05, 0.1) is 12.1 Å². The third kappa shape index (κ3) is 12.5. The number of nitrogens with one attached hydrogen (secondary N) is 6. The van der Waals surface area contributed by atoms with E-state index >= 15 is 0 Å². The van der Waals surface area contributed by atoms with Crippen molar-refractivity contribution < 1.29 is 43.8 Å². The topological polar surface area (TPSA) is 288 Å². The van der Waals surface area contributed by atoms with Crippen molar-refractivity contribution >= 4 is 52.4 Å². The highest BCUT2D eigenvalue weighted by atomic mass is 16.4. The fraction of sp³-hybridized carbons (Fsp3) is 0.361. The van der Waals surface area contributed by atoms with Crippen LogP contribution < -0.4 is 38.1 Å². The van der Waals surface area contributed by atoms with Gasteiger partial charge in [-0.3, -0.25) is 28.8 Å². The molecule has 2 aromatic carbocycles. The molecule has 0 radical (unpaired) electrons. The number of carboxylic acids is 2. The zero-order valence-corrected chi connectivity index (χ0v) is 29.4. The molecule has 53 heavy (non-hydrogen) atoms. The second kappa shape index (κ2) is 19.4. The van der Waals surface area contributed by atoms with Crippen LogP contribution in [0.2, 0.25) is 0 Å². The number of benzene rings is 2. The van der Waals surface area contributed by atoms with Gasteiger partial charge in [0.15, 0.2) is 0 Å². The third-order valence-corrected chi connectivity index (χ3v) is 8.13. The Morgan fingerprint density at radius 3 is 1.81 bits per heavy atom. The number of H-pyrrole nitrogens is 1. The van der Waals surface area contributed by atoms with Gasteiger partial charge in [0.2, 0.25) is 23.6 Å². The van der Waals surface area contributed by atoms with E-state index in [1.807, 2.05) is 0 Å². The standard InChI is InChI=1S/C36H46N8O9/c1-19(2)13-28(36(52)53)43-35(51)29(17-37)44-32(48)25(14-21-9-5-4-6-10-21)41-33(49)26(15-22-18-39-24-12-8-7-11-23(22)24)42-34(50)27(16-30(45)46)40-31(47)20(3)38/h4-12,18-19,25-29,39H,3,13-17,37-38H2,1-2H3,(H,40,47)(H,41,49)(H,42,50)(H,43,51)(H,44,48)(H,45,46)(H,52,53)/t25-,26-,27-,28-,29?/m0/s1. The molecule has 3 rings (SSSR count). The number of nitrogens with two attached hydrogens (primary N) is 2. The summed E-state index contributed by atoms with van der Waals surface area (Å²) in [6.07, 6.45) is 0.688. The molecule has 0 bridgehead atoms. The Bertz CT molecular complexity index is 1810. The number of hydrogen-bond acceptors (Lipinski definition) is 9. The molecule has 0 saturated heterocycles. The van der Waals surface area contributed by atoms with Crippen molar-refractivity contribution in [3.63, 3.8) is 0 Å². The molecule has 0 aliphatic carbocycles. The second-order valence-electron chi connectivity index (χ2n) is 12.9. The van der Waals surface area contributed by atoms with Crippen LogP contribution in [0.3, 0.4) is 0 Å². The molecule has 0 fully saturated rings. The van der Waals surface area contributed by atoms with Crippen LogP contribution in [-0.4, -0.2) is 93.4 Å². The summed E-state index contributed by atoms with van der Waals surface area (Å²) in [7, 11) is 0. The Balaban J connectivity index is 1.94. The minimum Gasteiger partial charge on any atom is -0.481 e. The van der Waals surface area contributed by atoms with Crippen molar-refractivity contribution in [2.75, 3.05) is 6.54 Å². The normalized spacial score (nSPS) is 13.8. The molecule has 1 heterocycles. The average molecular weight is 735 g/mol. The summed E-state index contributed by atoms with van der Waals surface area (Å²) in [5.41, 5.74) is 12.7. The summed E-state index contributed by atoms with van der Waals surface area (Å²) in [6, 6.07) is 8.72. The molecular weight excluding hydrogens is 688 g/mol. The lowest BCUT2D eigenvalue weighted by molar-refractivity contribution is -0.143. The zero-order valence-electron chi connectivity index (χ0n) is 29.4. The van der Waals surface area contributed by atoms with Crippen LogP contribution in [0.1, 0.15) is 37.8 Å². The maximum Gasteiger partial charge on any atom is 0.326 e. The molecule has 0 spiro atoms. The van der Waals surface area contributed by atoms with Gasteiger partial charge in [-0.15, -0.1) is 0 Å². The summed E-state index contributed by atoms with van der Waals surface area (Å²) in [5, 5.41) is 32.0. The molecule has 0 saturated carbocycles. The Kier molecular flexibility index (Phi) is 15.1. The van der Waals surface area contributed by atoms with E-state index in [2.05, 4.69) is 38.1 Å². The second-order valence-corrected chi connectivity index (χ2v) is 12.9. The number of aromatic amines is 1. The van der Waals surface area contributed by atoms with Gasteiger partial charge in [0.25, 0.3) is 5.91 Å². The van der Waals surface area contributed by atoms with Crippen LogP contribution >= 0.6 is 0 Å². The number of rotatable bonds is 20. The lowest BCUT2D eigenvalue weighted by Gasteiger charge is -2.27. The van der Waals surface area contributed by atoms with Crippen LogP contribution in [0.25, 0.3) is 10.9 Å². The van der Waals surface area contributed by atoms with Crippen LogP contribution in [-0.2, 0) is 46.4 Å². The number of amides is 5. The van der Waals surface area contributed by atoms with E-state index in [9.17, 15) is 43.8 Å². The van der Waals surface area contributed by atoms with Crippen LogP contribution in [0, 0.1) is 5.92 Å². The molecule has 5 amide bonds. The smallest absolute Gasteiger partial charge is 0.326 e. The molecule has 5 atom stereocenters. The predicted molar refractivity (Wildman–Crippen MR) is 194 cm³/mol. The molecule has 284 valence electrons. The van der Waals surface area contributed by atoms with Gasteiger partial charge >= 0.3 is 11.9 Å². The number of fused-ring (bicyclic) bond motifs is 1. The monoisotopic (exact) mass is 734 g/mol. The van der Waals surface area contributed by atoms with E-state index in [-0.39, 0.29) is 25.2 Å². The van der Waals surface area contributed by atoms with E-state index in [4.69, 9.17) is 11.5 Å². The lowest BCUT2D eigenvalue weighted by Crippen LogP contribution is -2.60. The van der Waals surface area contributed by atoms with Crippen molar-refractivity contribution in [1.29, 1.82) is 0 Å². The first-order chi connectivity index (χ1) is 25.1. The fourth-order valence-electron chi connectivity index (χ4n) is 5.44. The summed E-state index contributed by atoms with van der Waals surface area (Å²) in [6.45, 7) is 6.46. The number of carboxylic acid groups (broad SMARTS) is 2. The average Bonchev–Trinajstić information content (AvgIpc) is 3.51. The molecule has 1 aromatic heterocycles. The number of para-hydroxylation sites is 1. The van der Waals surface area contributed by atoms with Crippen molar-refractivity contribution in [3.8, 4) is 0 Å². The van der Waals surface area contributed by atoms with E-state index in [0.29, 0.717) is 11.1 Å². The highest BCUT2D eigenvalue weighted by Gasteiger charge is 2.33. The van der Waals surface area contributed by atoms with Gasteiger partial charge < -0.3 is 53.2 Å². The molecule has 0 aliphatic heterocycles. The quantitative estimate of drug-likeness (QED) is 0.0655. The molecule has 17 heteroatoms. The van der Waals surface area contributed by atoms with Crippen molar-refractivity contribution in [1.82, 2.24) is 31.6 Å². The first-order valence-electron chi connectivity index (χ1n) is 16.8. The highest BCUT2D eigenvalue weighted by molar-refractivity contribution is 5.99. The van der Waals surface area contributed by atoms with Gasteiger partial charge in [-0.1, -0.05) is 69.0 Å². The van der Waals surface area contributed by atoms with Gasteiger partial charge in [0, 0.05) is 36.5 Å². The Labute approximate surface area is 305 Å². The molecule has 3 aromatic rings. The summed E-state index contributed by atoms with van der Waals surface area (Å²) < 4.78 is 0. The fourth-order valence-corrected chi connectivity index (χ4v) is 5.44. The van der Waals surface area contributed by atoms with Gasteiger partial charge in [0.1, 0.15) is 30.2 Å². The Morgan fingerprint density at radius 2 is 1.25 bits per heavy atom.